The molecule has 2 atom stereocenters. The lowest BCUT2D eigenvalue weighted by Crippen LogP contribution is -2.01. The van der Waals surface area contributed by atoms with Gasteiger partial charge in [0.1, 0.15) is 0 Å². The first kappa shape index (κ1) is 23.8. The van der Waals surface area contributed by atoms with Crippen LogP contribution in [0.15, 0.2) is 72.9 Å². The number of hydrogen-bond acceptors (Lipinski definition) is 3. The van der Waals surface area contributed by atoms with E-state index < -0.39 is 12.1 Å². The molecule has 0 aliphatic rings. The van der Waals surface area contributed by atoms with Crippen LogP contribution in [-0.2, 0) is 4.79 Å². The molecule has 0 radical (unpaired) electrons. The number of aliphatic hydroxyl groups excluding tert-OH is 2. The smallest absolute Gasteiger partial charge is 0.328 e. The van der Waals surface area contributed by atoms with Crippen LogP contribution in [0, 0.1) is 0 Å². The van der Waals surface area contributed by atoms with Crippen molar-refractivity contribution in [3.63, 3.8) is 0 Å². The summed E-state index contributed by atoms with van der Waals surface area (Å²) in [7, 11) is 0. The fourth-order valence-corrected chi connectivity index (χ4v) is 2.09. The fourth-order valence-electron chi connectivity index (χ4n) is 2.09. The number of carbonyl (C=O) groups is 1. The molecule has 0 aliphatic heterocycles. The Hall–Kier alpha value is -2.17. The first-order valence-corrected chi connectivity index (χ1v) is 9.13. The Balaban J connectivity index is 3.77. The summed E-state index contributed by atoms with van der Waals surface area (Å²) in [6.45, 7) is 1.81. The minimum atomic E-state index is -0.963. The van der Waals surface area contributed by atoms with Crippen LogP contribution < -0.4 is 0 Å². The number of unbranched alkanes of at least 4 members (excludes halogenated alkanes) is 3. The SMILES string of the molecule is C[C@@H](O)CCCCCC[C@H](O)C=CC=CC=CC=CC=CC=CC(=O)O. The molecule has 0 aliphatic carbocycles. The number of allylic oxidation sites excluding steroid dienone is 10. The van der Waals surface area contributed by atoms with Crippen molar-refractivity contribution in [1.82, 2.24) is 0 Å². The van der Waals surface area contributed by atoms with Gasteiger partial charge in [0, 0.05) is 6.08 Å². The Labute approximate surface area is 157 Å². The first-order valence-electron chi connectivity index (χ1n) is 9.13. The second-order valence-electron chi connectivity index (χ2n) is 6.03. The van der Waals surface area contributed by atoms with Crippen molar-refractivity contribution >= 4 is 5.97 Å². The van der Waals surface area contributed by atoms with Gasteiger partial charge >= 0.3 is 5.97 Å². The molecule has 0 bridgehead atoms. The van der Waals surface area contributed by atoms with Crippen molar-refractivity contribution < 1.29 is 20.1 Å². The second-order valence-corrected chi connectivity index (χ2v) is 6.03. The van der Waals surface area contributed by atoms with Gasteiger partial charge in [0.05, 0.1) is 12.2 Å². The van der Waals surface area contributed by atoms with Gasteiger partial charge in [-0.15, -0.1) is 0 Å². The third-order valence-corrected chi connectivity index (χ3v) is 3.44. The van der Waals surface area contributed by atoms with Crippen LogP contribution in [0.25, 0.3) is 0 Å². The summed E-state index contributed by atoms with van der Waals surface area (Å²) in [6.07, 6.45) is 25.9. The zero-order valence-electron chi connectivity index (χ0n) is 15.6. The van der Waals surface area contributed by atoms with E-state index in [1.807, 2.05) is 43.4 Å². The number of aliphatic carboxylic acids is 1. The molecule has 3 N–H and O–H groups in total. The maximum atomic E-state index is 10.2. The van der Waals surface area contributed by atoms with Crippen LogP contribution in [0.5, 0.6) is 0 Å². The molecule has 0 fully saturated rings. The van der Waals surface area contributed by atoms with E-state index in [-0.39, 0.29) is 6.10 Å². The largest absolute Gasteiger partial charge is 0.478 e. The lowest BCUT2D eigenvalue weighted by Gasteiger charge is -2.06. The minimum absolute atomic E-state index is 0.211. The number of aliphatic hydroxyl groups is 2. The number of carboxylic acid groups (broad SMARTS) is 1. The van der Waals surface area contributed by atoms with Gasteiger partial charge < -0.3 is 15.3 Å². The van der Waals surface area contributed by atoms with Crippen molar-refractivity contribution in [3.8, 4) is 0 Å². The third-order valence-electron chi connectivity index (χ3n) is 3.44. The van der Waals surface area contributed by atoms with E-state index in [1.165, 1.54) is 6.08 Å². The summed E-state index contributed by atoms with van der Waals surface area (Å²) < 4.78 is 0. The van der Waals surface area contributed by atoms with Crippen molar-refractivity contribution in [3.05, 3.63) is 72.9 Å². The average Bonchev–Trinajstić information content (AvgIpc) is 2.58. The van der Waals surface area contributed by atoms with Crippen LogP contribution >= 0.6 is 0 Å². The topological polar surface area (TPSA) is 77.8 Å². The monoisotopic (exact) mass is 360 g/mol. The van der Waals surface area contributed by atoms with Crippen LogP contribution in [0.3, 0.4) is 0 Å². The lowest BCUT2D eigenvalue weighted by atomic mass is 10.1. The molecule has 26 heavy (non-hydrogen) atoms. The Morgan fingerprint density at radius 3 is 1.69 bits per heavy atom. The van der Waals surface area contributed by atoms with Crippen LogP contribution in [0.2, 0.25) is 0 Å². The fraction of sp³-hybridized carbons (Fsp3) is 0.409. The summed E-state index contributed by atoms with van der Waals surface area (Å²) >= 11 is 0. The standard InChI is InChI=1S/C22H32O4/c1-20(23)16-12-10-11-14-18-21(24)17-13-8-6-4-2-3-5-7-9-15-19-22(25)26/h2-9,13,15,17,19-21,23-24H,10-12,14,16,18H2,1H3,(H,25,26)/t20-,21-/m1/s1. The maximum absolute atomic E-state index is 10.2. The van der Waals surface area contributed by atoms with E-state index in [1.54, 1.807) is 24.3 Å². The molecule has 0 aromatic heterocycles. The summed E-state index contributed by atoms with van der Waals surface area (Å²) in [6, 6.07) is 0. The van der Waals surface area contributed by atoms with Crippen LogP contribution in [0.1, 0.15) is 45.4 Å². The van der Waals surface area contributed by atoms with Crippen LogP contribution in [-0.4, -0.2) is 33.5 Å². The predicted octanol–water partition coefficient (Wildman–Crippen LogP) is 4.49. The molecule has 4 nitrogen and oxygen atoms in total. The molecule has 0 saturated carbocycles. The predicted molar refractivity (Wildman–Crippen MR) is 108 cm³/mol. The van der Waals surface area contributed by atoms with Gasteiger partial charge in [-0.2, -0.15) is 0 Å². The summed E-state index contributed by atoms with van der Waals surface area (Å²) in [5, 5.41) is 27.4. The van der Waals surface area contributed by atoms with Gasteiger partial charge in [-0.05, 0) is 19.8 Å². The van der Waals surface area contributed by atoms with E-state index in [4.69, 9.17) is 10.2 Å². The van der Waals surface area contributed by atoms with Crippen LogP contribution in [0.4, 0.5) is 0 Å². The third kappa shape index (κ3) is 19.9. The zero-order valence-corrected chi connectivity index (χ0v) is 15.6. The number of hydrogen-bond donors (Lipinski definition) is 3. The quantitative estimate of drug-likeness (QED) is 0.242. The van der Waals surface area contributed by atoms with Gasteiger partial charge in [-0.1, -0.05) is 92.5 Å². The van der Waals surface area contributed by atoms with E-state index in [0.29, 0.717) is 0 Å². The molecule has 4 heteroatoms. The van der Waals surface area contributed by atoms with Crippen molar-refractivity contribution in [1.29, 1.82) is 0 Å². The highest BCUT2D eigenvalue weighted by molar-refractivity contribution is 5.80. The second kappa shape index (κ2) is 17.6. The molecule has 144 valence electrons. The van der Waals surface area contributed by atoms with E-state index in [0.717, 1.165) is 44.6 Å². The van der Waals surface area contributed by atoms with Gasteiger partial charge in [0.15, 0.2) is 0 Å². The summed E-state index contributed by atoms with van der Waals surface area (Å²) in [5.74, 6) is -0.963. The Morgan fingerprint density at radius 1 is 0.731 bits per heavy atom. The van der Waals surface area contributed by atoms with Crippen molar-refractivity contribution in [2.75, 3.05) is 0 Å². The zero-order chi connectivity index (χ0) is 19.5. The Kier molecular flexibility index (Phi) is 16.2. The molecular formula is C22H32O4. The molecule has 0 amide bonds. The van der Waals surface area contributed by atoms with Gasteiger partial charge in [0.2, 0.25) is 0 Å². The Bertz CT molecular complexity index is 522. The van der Waals surface area contributed by atoms with Gasteiger partial charge in [-0.25, -0.2) is 4.79 Å². The van der Waals surface area contributed by atoms with Crippen molar-refractivity contribution in [2.24, 2.45) is 0 Å². The van der Waals surface area contributed by atoms with Gasteiger partial charge in [-0.3, -0.25) is 0 Å². The molecule has 0 heterocycles. The first-order chi connectivity index (χ1) is 12.5. The average molecular weight is 360 g/mol. The molecule has 0 rings (SSSR count). The molecule has 0 aromatic rings. The molecule has 0 spiro atoms. The molecule has 0 saturated heterocycles. The Morgan fingerprint density at radius 2 is 1.19 bits per heavy atom. The van der Waals surface area contributed by atoms with Gasteiger partial charge in [0.25, 0.3) is 0 Å². The maximum Gasteiger partial charge on any atom is 0.328 e. The highest BCUT2D eigenvalue weighted by Gasteiger charge is 1.99. The van der Waals surface area contributed by atoms with E-state index in [9.17, 15) is 9.90 Å². The molecule has 0 aromatic carbocycles. The highest BCUT2D eigenvalue weighted by atomic mass is 16.4. The summed E-state index contributed by atoms with van der Waals surface area (Å²) in [5.41, 5.74) is 0. The normalized spacial score (nSPS) is 15.5. The number of carboxylic acids is 1. The molecular weight excluding hydrogens is 328 g/mol. The van der Waals surface area contributed by atoms with E-state index in [2.05, 4.69) is 0 Å². The minimum Gasteiger partial charge on any atom is -0.478 e. The molecule has 0 unspecified atom stereocenters. The summed E-state index contributed by atoms with van der Waals surface area (Å²) in [4.78, 5) is 10.2. The lowest BCUT2D eigenvalue weighted by molar-refractivity contribution is -0.131. The number of rotatable bonds is 14. The van der Waals surface area contributed by atoms with E-state index >= 15 is 0 Å². The highest BCUT2D eigenvalue weighted by Crippen LogP contribution is 2.09. The van der Waals surface area contributed by atoms with Crippen molar-refractivity contribution in [2.45, 2.75) is 57.7 Å².